The first-order valence-electron chi connectivity index (χ1n) is 8.81. The molecule has 0 aliphatic carbocycles. The third-order valence-corrected chi connectivity index (χ3v) is 5.98. The van der Waals surface area contributed by atoms with Crippen molar-refractivity contribution in [3.8, 4) is 11.5 Å². The van der Waals surface area contributed by atoms with Crippen molar-refractivity contribution in [1.29, 1.82) is 0 Å². The molecule has 6 heteroatoms. The van der Waals surface area contributed by atoms with Crippen molar-refractivity contribution < 1.29 is 4.74 Å². The largest absolute Gasteiger partial charge is 0.457 e. The highest BCUT2D eigenvalue weighted by atomic mass is 127. The molecular formula is C20H23ClIN3O. The maximum absolute atomic E-state index is 6.18. The van der Waals surface area contributed by atoms with Gasteiger partial charge >= 0.3 is 0 Å². The van der Waals surface area contributed by atoms with Gasteiger partial charge in [-0.3, -0.25) is 0 Å². The maximum Gasteiger partial charge on any atom is 0.130 e. The zero-order valence-corrected chi connectivity index (χ0v) is 18.0. The normalized spacial score (nSPS) is 15.4. The highest BCUT2D eigenvalue weighted by molar-refractivity contribution is 14.1. The molecule has 0 radical (unpaired) electrons. The van der Waals surface area contributed by atoms with E-state index in [1.165, 1.54) is 19.3 Å². The summed E-state index contributed by atoms with van der Waals surface area (Å²) in [5.41, 5.74) is 6.33. The van der Waals surface area contributed by atoms with Crippen molar-refractivity contribution in [2.45, 2.75) is 33.1 Å². The summed E-state index contributed by atoms with van der Waals surface area (Å²) in [5, 5.41) is 2.91. The number of halogens is 2. The molecule has 1 N–H and O–H groups in total. The summed E-state index contributed by atoms with van der Waals surface area (Å²) >= 11 is 8.38. The van der Waals surface area contributed by atoms with Gasteiger partial charge in [-0.05, 0) is 84.7 Å². The number of ether oxygens (including phenoxy) is 1. The summed E-state index contributed by atoms with van der Waals surface area (Å²) in [6, 6.07) is 9.79. The van der Waals surface area contributed by atoms with Crippen LogP contribution in [0.2, 0.25) is 5.02 Å². The van der Waals surface area contributed by atoms with Gasteiger partial charge in [0.1, 0.15) is 17.8 Å². The van der Waals surface area contributed by atoms with Crippen LogP contribution in [0.3, 0.4) is 0 Å². The van der Waals surface area contributed by atoms with E-state index in [4.69, 9.17) is 16.3 Å². The zero-order valence-electron chi connectivity index (χ0n) is 15.1. The zero-order chi connectivity index (χ0) is 18.5. The molecule has 0 saturated carbocycles. The first-order valence-corrected chi connectivity index (χ1v) is 10.3. The Morgan fingerprint density at radius 1 is 1.12 bits per heavy atom. The Labute approximate surface area is 173 Å². The van der Waals surface area contributed by atoms with Crippen LogP contribution in [0, 0.1) is 17.4 Å². The van der Waals surface area contributed by atoms with Crippen LogP contribution in [0.4, 0.5) is 5.69 Å². The monoisotopic (exact) mass is 483 g/mol. The smallest absolute Gasteiger partial charge is 0.130 e. The molecule has 1 aliphatic rings. The summed E-state index contributed by atoms with van der Waals surface area (Å²) < 4.78 is 7.03. The number of aryl methyl sites for hydroxylation is 2. The average Bonchev–Trinajstić information content (AvgIpc) is 2.63. The Bertz CT molecular complexity index is 804. The van der Waals surface area contributed by atoms with Crippen molar-refractivity contribution >= 4 is 46.2 Å². The number of benzene rings is 2. The fraction of sp³-hybridized carbons (Fsp3) is 0.350. The lowest BCUT2D eigenvalue weighted by atomic mass is 10.1. The number of hydrogen-bond donors (Lipinski definition) is 1. The first kappa shape index (κ1) is 19.5. The molecule has 0 bridgehead atoms. The minimum Gasteiger partial charge on any atom is -0.457 e. The second-order valence-electron chi connectivity index (χ2n) is 6.52. The summed E-state index contributed by atoms with van der Waals surface area (Å²) in [6.07, 6.45) is 5.59. The topological polar surface area (TPSA) is 36.9 Å². The Hall–Kier alpha value is -1.31. The molecule has 26 heavy (non-hydrogen) atoms. The number of aliphatic imine (C=N–C) groups is 1. The number of nitrogens with zero attached hydrogens (tertiary/aromatic N) is 2. The molecule has 1 saturated heterocycles. The molecule has 1 aliphatic heterocycles. The number of hydrogen-bond acceptors (Lipinski definition) is 3. The van der Waals surface area contributed by atoms with Crippen LogP contribution in [0.1, 0.15) is 30.4 Å². The van der Waals surface area contributed by atoms with Crippen molar-refractivity contribution in [2.75, 3.05) is 13.1 Å². The van der Waals surface area contributed by atoms with Gasteiger partial charge in [-0.1, -0.05) is 18.0 Å². The third kappa shape index (κ3) is 5.11. The van der Waals surface area contributed by atoms with Crippen LogP contribution in [0.25, 0.3) is 0 Å². The van der Waals surface area contributed by atoms with Gasteiger partial charge < -0.3 is 10.2 Å². The number of rotatable bonds is 5. The van der Waals surface area contributed by atoms with E-state index in [0.29, 0.717) is 5.02 Å². The van der Waals surface area contributed by atoms with Crippen LogP contribution < -0.4 is 10.2 Å². The molecule has 2 aromatic rings. The molecule has 0 amide bonds. The molecule has 0 unspecified atom stereocenters. The number of nitrogens with one attached hydrogen (secondary N) is 1. The van der Waals surface area contributed by atoms with Gasteiger partial charge in [0.15, 0.2) is 0 Å². The minimum absolute atomic E-state index is 0.697. The van der Waals surface area contributed by atoms with Crippen LogP contribution in [0.5, 0.6) is 11.5 Å². The van der Waals surface area contributed by atoms with Gasteiger partial charge in [0.05, 0.1) is 10.7 Å². The number of hydrazine groups is 1. The molecule has 3 rings (SSSR count). The van der Waals surface area contributed by atoms with Crippen molar-refractivity contribution in [3.05, 3.63) is 50.1 Å². The summed E-state index contributed by atoms with van der Waals surface area (Å²) in [7, 11) is 0. The van der Waals surface area contributed by atoms with Crippen LogP contribution in [-0.4, -0.2) is 24.4 Å². The average molecular weight is 484 g/mol. The molecule has 138 valence electrons. The van der Waals surface area contributed by atoms with Crippen LogP contribution in [0.15, 0.2) is 35.3 Å². The fourth-order valence-electron chi connectivity index (χ4n) is 2.89. The van der Waals surface area contributed by atoms with Gasteiger partial charge in [-0.25, -0.2) is 10.0 Å². The minimum atomic E-state index is 0.697. The molecule has 2 aromatic carbocycles. The van der Waals surface area contributed by atoms with E-state index >= 15 is 0 Å². The standard InChI is InChI=1S/C20H23ClIN3O/c1-14-11-20(26-16-6-7-18(22)17(21)12-16)15(2)10-19(14)23-13-24-25-8-4-3-5-9-25/h6-7,10-13H,3-5,8-9H2,1-2H3,(H,23,24). The van der Waals surface area contributed by atoms with Gasteiger partial charge in [0.2, 0.25) is 0 Å². The molecule has 0 spiro atoms. The summed E-state index contributed by atoms with van der Waals surface area (Å²) in [4.78, 5) is 4.58. The van der Waals surface area contributed by atoms with E-state index in [-0.39, 0.29) is 0 Å². The lowest BCUT2D eigenvalue weighted by molar-refractivity contribution is 0.197. The molecule has 1 fully saturated rings. The first-order chi connectivity index (χ1) is 12.5. The molecule has 1 heterocycles. The summed E-state index contributed by atoms with van der Waals surface area (Å²) in [6.45, 7) is 6.23. The Morgan fingerprint density at radius 3 is 2.62 bits per heavy atom. The fourth-order valence-corrected chi connectivity index (χ4v) is 3.40. The van der Waals surface area contributed by atoms with E-state index < -0.39 is 0 Å². The second kappa shape index (κ2) is 9.06. The molecule has 4 nitrogen and oxygen atoms in total. The van der Waals surface area contributed by atoms with Crippen LogP contribution in [-0.2, 0) is 0 Å². The van der Waals surface area contributed by atoms with Gasteiger partial charge in [0, 0.05) is 22.7 Å². The highest BCUT2D eigenvalue weighted by Gasteiger charge is 2.09. The van der Waals surface area contributed by atoms with Gasteiger partial charge in [-0.2, -0.15) is 0 Å². The van der Waals surface area contributed by atoms with Gasteiger partial charge in [-0.15, -0.1) is 0 Å². The molecule has 0 atom stereocenters. The number of piperidine rings is 1. The predicted octanol–water partition coefficient (Wildman–Crippen LogP) is 6.00. The third-order valence-electron chi connectivity index (χ3n) is 4.41. The lowest BCUT2D eigenvalue weighted by Crippen LogP contribution is -2.40. The Kier molecular flexibility index (Phi) is 6.78. The summed E-state index contributed by atoms with van der Waals surface area (Å²) in [5.74, 6) is 1.56. The second-order valence-corrected chi connectivity index (χ2v) is 8.09. The Balaban J connectivity index is 1.69. The molecule has 0 aromatic heterocycles. The SMILES string of the molecule is Cc1cc(Oc2ccc(I)c(Cl)c2)c(C)cc1N=CNN1CCCCC1. The predicted molar refractivity (Wildman–Crippen MR) is 117 cm³/mol. The highest BCUT2D eigenvalue weighted by Crippen LogP contribution is 2.33. The van der Waals surface area contributed by atoms with E-state index in [1.54, 1.807) is 6.34 Å². The maximum atomic E-state index is 6.18. The van der Waals surface area contributed by atoms with E-state index in [2.05, 4.69) is 38.0 Å². The van der Waals surface area contributed by atoms with Gasteiger partial charge in [0.25, 0.3) is 0 Å². The van der Waals surface area contributed by atoms with E-state index in [1.807, 2.05) is 44.2 Å². The Morgan fingerprint density at radius 2 is 1.88 bits per heavy atom. The molecular weight excluding hydrogens is 461 g/mol. The quantitative estimate of drug-likeness (QED) is 0.322. The van der Waals surface area contributed by atoms with Crippen LogP contribution >= 0.6 is 34.2 Å². The van der Waals surface area contributed by atoms with Crippen molar-refractivity contribution in [3.63, 3.8) is 0 Å². The van der Waals surface area contributed by atoms with E-state index in [0.717, 1.165) is 45.0 Å². The van der Waals surface area contributed by atoms with Crippen molar-refractivity contribution in [1.82, 2.24) is 10.4 Å². The van der Waals surface area contributed by atoms with Crippen molar-refractivity contribution in [2.24, 2.45) is 4.99 Å². The van der Waals surface area contributed by atoms with E-state index in [9.17, 15) is 0 Å². The lowest BCUT2D eigenvalue weighted by Gasteiger charge is -2.25.